The number of pyridine rings is 1. The highest BCUT2D eigenvalue weighted by Crippen LogP contribution is 2.23. The Bertz CT molecular complexity index is 1090. The average molecular weight is 373 g/mol. The molecule has 0 bridgehead atoms. The molecule has 0 aliphatic carbocycles. The molecule has 0 aliphatic heterocycles. The first kappa shape index (κ1) is 18.6. The molecule has 3 rings (SSSR count). The van der Waals surface area contributed by atoms with E-state index in [0.29, 0.717) is 5.75 Å². The Kier molecular flexibility index (Phi) is 5.33. The van der Waals surface area contributed by atoms with Gasteiger partial charge in [0.2, 0.25) is 0 Å². The number of anilines is 1. The third kappa shape index (κ3) is 3.97. The van der Waals surface area contributed by atoms with Crippen molar-refractivity contribution in [2.24, 2.45) is 0 Å². The summed E-state index contributed by atoms with van der Waals surface area (Å²) in [6.45, 7) is 0. The summed E-state index contributed by atoms with van der Waals surface area (Å²) in [4.78, 5) is 28.1. The van der Waals surface area contributed by atoms with Gasteiger partial charge in [-0.15, -0.1) is 0 Å². The number of nitrogens with one attached hydrogen (secondary N) is 1. The number of hydrogen-bond acceptors (Lipinski definition) is 5. The number of hydrogen-bond donors (Lipinski definition) is 2. The molecule has 138 valence electrons. The molecule has 0 aliphatic rings. The summed E-state index contributed by atoms with van der Waals surface area (Å²) in [5.41, 5.74) is 1.99. The van der Waals surface area contributed by atoms with Crippen molar-refractivity contribution in [2.45, 2.75) is 0 Å². The van der Waals surface area contributed by atoms with E-state index in [-0.39, 0.29) is 22.4 Å². The molecule has 0 spiro atoms. The third-order valence-electron chi connectivity index (χ3n) is 4.05. The van der Waals surface area contributed by atoms with Crippen LogP contribution in [0.15, 0.2) is 60.9 Å². The number of rotatable bonds is 5. The van der Waals surface area contributed by atoms with Gasteiger partial charge in [0.15, 0.2) is 0 Å². The fourth-order valence-electron chi connectivity index (χ4n) is 2.60. The van der Waals surface area contributed by atoms with E-state index in [9.17, 15) is 14.7 Å². The standard InChI is InChI=1S/C21H15N3O4/c1-28-17-5-3-14(4-6-17)15-9-16(12-23-11-15)20(25)24-19-7-2-13(10-22)8-18(19)21(26)27/h2-9,11-12H,1H3,(H,24,25)(H,26,27). The lowest BCUT2D eigenvalue weighted by atomic mass is 10.1. The van der Waals surface area contributed by atoms with Crippen molar-refractivity contribution < 1.29 is 19.4 Å². The zero-order chi connectivity index (χ0) is 20.1. The van der Waals surface area contributed by atoms with Crippen molar-refractivity contribution >= 4 is 17.6 Å². The summed E-state index contributed by atoms with van der Waals surface area (Å²) in [5.74, 6) is -1.03. The van der Waals surface area contributed by atoms with Crippen molar-refractivity contribution in [3.05, 3.63) is 77.6 Å². The lowest BCUT2D eigenvalue weighted by molar-refractivity contribution is 0.0698. The highest BCUT2D eigenvalue weighted by atomic mass is 16.5. The number of aromatic carboxylic acids is 1. The van der Waals surface area contributed by atoms with Crippen molar-refractivity contribution in [3.8, 4) is 22.9 Å². The Morgan fingerprint density at radius 3 is 2.46 bits per heavy atom. The molecule has 1 heterocycles. The first-order chi connectivity index (χ1) is 13.5. The van der Waals surface area contributed by atoms with Gasteiger partial charge in [-0.25, -0.2) is 4.79 Å². The molecule has 2 aromatic carbocycles. The number of carbonyl (C=O) groups is 2. The van der Waals surface area contributed by atoms with E-state index in [1.807, 2.05) is 18.2 Å². The number of amides is 1. The van der Waals surface area contributed by atoms with Gasteiger partial charge in [-0.2, -0.15) is 5.26 Å². The SMILES string of the molecule is COc1ccc(-c2cncc(C(=O)Nc3ccc(C#N)cc3C(=O)O)c2)cc1. The zero-order valence-corrected chi connectivity index (χ0v) is 14.8. The quantitative estimate of drug-likeness (QED) is 0.707. The minimum atomic E-state index is -1.24. The number of carboxylic acids is 1. The fourth-order valence-corrected chi connectivity index (χ4v) is 2.60. The minimum absolute atomic E-state index is 0.103. The second-order valence-corrected chi connectivity index (χ2v) is 5.82. The summed E-state index contributed by atoms with van der Waals surface area (Å²) in [7, 11) is 1.58. The van der Waals surface area contributed by atoms with Crippen LogP contribution < -0.4 is 10.1 Å². The van der Waals surface area contributed by atoms with Gasteiger partial charge in [-0.3, -0.25) is 9.78 Å². The molecule has 0 saturated carbocycles. The summed E-state index contributed by atoms with van der Waals surface area (Å²) in [6.07, 6.45) is 3.02. The molecule has 0 saturated heterocycles. The predicted molar refractivity (Wildman–Crippen MR) is 102 cm³/mol. The van der Waals surface area contributed by atoms with Crippen LogP contribution in [0, 0.1) is 11.3 Å². The fraction of sp³-hybridized carbons (Fsp3) is 0.0476. The van der Waals surface area contributed by atoms with Gasteiger partial charge in [0.25, 0.3) is 5.91 Å². The van der Waals surface area contributed by atoms with Crippen LogP contribution in [0.4, 0.5) is 5.69 Å². The molecule has 1 aromatic heterocycles. The van der Waals surface area contributed by atoms with Gasteiger partial charge in [0, 0.05) is 18.0 Å². The van der Waals surface area contributed by atoms with Gasteiger partial charge in [0.1, 0.15) is 5.75 Å². The van der Waals surface area contributed by atoms with Gasteiger partial charge >= 0.3 is 5.97 Å². The Morgan fingerprint density at radius 2 is 1.82 bits per heavy atom. The molecule has 1 amide bonds. The van der Waals surface area contributed by atoms with Crippen molar-refractivity contribution in [2.75, 3.05) is 12.4 Å². The lowest BCUT2D eigenvalue weighted by Crippen LogP contribution is -2.15. The Balaban J connectivity index is 1.88. The largest absolute Gasteiger partial charge is 0.497 e. The first-order valence-corrected chi connectivity index (χ1v) is 8.20. The van der Waals surface area contributed by atoms with Crippen LogP contribution in [0.1, 0.15) is 26.3 Å². The number of ether oxygens (including phenoxy) is 1. The van der Waals surface area contributed by atoms with E-state index >= 15 is 0 Å². The summed E-state index contributed by atoms with van der Waals surface area (Å²) in [6, 6.07) is 14.9. The molecule has 7 heteroatoms. The first-order valence-electron chi connectivity index (χ1n) is 8.20. The van der Waals surface area contributed by atoms with Gasteiger partial charge in [0.05, 0.1) is 35.6 Å². The van der Waals surface area contributed by atoms with E-state index in [0.717, 1.165) is 11.1 Å². The molecule has 0 radical (unpaired) electrons. The van der Waals surface area contributed by atoms with E-state index in [1.54, 1.807) is 31.5 Å². The molecule has 7 nitrogen and oxygen atoms in total. The zero-order valence-electron chi connectivity index (χ0n) is 14.8. The summed E-state index contributed by atoms with van der Waals surface area (Å²) >= 11 is 0. The molecular weight excluding hydrogens is 358 g/mol. The number of aromatic nitrogens is 1. The Morgan fingerprint density at radius 1 is 1.07 bits per heavy atom. The molecular formula is C21H15N3O4. The van der Waals surface area contributed by atoms with Crippen LogP contribution in [0.5, 0.6) is 5.75 Å². The molecule has 0 unspecified atom stereocenters. The third-order valence-corrected chi connectivity index (χ3v) is 4.05. The second-order valence-electron chi connectivity index (χ2n) is 5.82. The molecule has 0 fully saturated rings. The summed E-state index contributed by atoms with van der Waals surface area (Å²) in [5, 5.41) is 20.8. The van der Waals surface area contributed by atoms with Crippen LogP contribution in [0.25, 0.3) is 11.1 Å². The maximum atomic E-state index is 12.6. The Hall–Kier alpha value is -4.18. The highest BCUT2D eigenvalue weighted by Gasteiger charge is 2.15. The van der Waals surface area contributed by atoms with Crippen LogP contribution >= 0.6 is 0 Å². The van der Waals surface area contributed by atoms with Crippen molar-refractivity contribution in [1.29, 1.82) is 5.26 Å². The van der Waals surface area contributed by atoms with E-state index in [2.05, 4.69) is 10.3 Å². The van der Waals surface area contributed by atoms with Gasteiger partial charge in [-0.05, 0) is 42.0 Å². The van der Waals surface area contributed by atoms with Gasteiger partial charge in [-0.1, -0.05) is 12.1 Å². The Labute approximate surface area is 160 Å². The lowest BCUT2D eigenvalue weighted by Gasteiger charge is -2.10. The van der Waals surface area contributed by atoms with Crippen molar-refractivity contribution in [3.63, 3.8) is 0 Å². The monoisotopic (exact) mass is 373 g/mol. The smallest absolute Gasteiger partial charge is 0.337 e. The number of methoxy groups -OCH3 is 1. The van der Waals surface area contributed by atoms with Crippen LogP contribution in [0.3, 0.4) is 0 Å². The molecule has 3 aromatic rings. The number of carbonyl (C=O) groups excluding carboxylic acids is 1. The molecule has 0 atom stereocenters. The molecule has 2 N–H and O–H groups in total. The van der Waals surface area contributed by atoms with Crippen molar-refractivity contribution in [1.82, 2.24) is 4.98 Å². The van der Waals surface area contributed by atoms with E-state index in [4.69, 9.17) is 10.00 Å². The van der Waals surface area contributed by atoms with E-state index < -0.39 is 11.9 Å². The molecule has 28 heavy (non-hydrogen) atoms. The topological polar surface area (TPSA) is 112 Å². The minimum Gasteiger partial charge on any atom is -0.497 e. The van der Waals surface area contributed by atoms with Crippen LogP contribution in [0.2, 0.25) is 0 Å². The van der Waals surface area contributed by atoms with Gasteiger partial charge < -0.3 is 15.2 Å². The van der Waals surface area contributed by atoms with Crippen LogP contribution in [-0.2, 0) is 0 Å². The number of nitrogens with zero attached hydrogens (tertiary/aromatic N) is 2. The summed E-state index contributed by atoms with van der Waals surface area (Å²) < 4.78 is 5.13. The van der Waals surface area contributed by atoms with E-state index in [1.165, 1.54) is 24.4 Å². The number of carboxylic acid groups (broad SMARTS) is 1. The highest BCUT2D eigenvalue weighted by molar-refractivity contribution is 6.08. The number of benzene rings is 2. The second kappa shape index (κ2) is 8.01. The normalized spacial score (nSPS) is 10.0. The maximum absolute atomic E-state index is 12.6. The number of nitriles is 1. The average Bonchev–Trinajstić information content (AvgIpc) is 2.74. The predicted octanol–water partition coefficient (Wildman–Crippen LogP) is 3.58. The maximum Gasteiger partial charge on any atom is 0.337 e. The van der Waals surface area contributed by atoms with Crippen LogP contribution in [-0.4, -0.2) is 29.1 Å².